The average molecular weight is 251 g/mol. The van der Waals surface area contributed by atoms with Gasteiger partial charge in [0, 0.05) is 35.2 Å². The minimum absolute atomic E-state index is 0.315. The number of rotatable bonds is 3. The number of H-pyrrole nitrogens is 1. The molecule has 1 aromatic carbocycles. The second-order valence-corrected chi connectivity index (χ2v) is 6.10. The second-order valence-electron chi connectivity index (χ2n) is 5.67. The molecule has 2 N–H and O–H groups in total. The predicted octanol–water partition coefficient (Wildman–Crippen LogP) is 3.96. The molecule has 0 radical (unpaired) electrons. The quantitative estimate of drug-likeness (QED) is 0.848. The van der Waals surface area contributed by atoms with E-state index in [1.54, 1.807) is 0 Å². The Bertz CT molecular complexity index is 508. The molecule has 0 amide bonds. The molecule has 1 aromatic heterocycles. The maximum atomic E-state index is 5.96. The number of halogens is 1. The van der Waals surface area contributed by atoms with Crippen LogP contribution in [0.4, 0.5) is 0 Å². The van der Waals surface area contributed by atoms with E-state index in [-0.39, 0.29) is 0 Å². The van der Waals surface area contributed by atoms with Crippen LogP contribution in [0.3, 0.4) is 0 Å². The summed E-state index contributed by atoms with van der Waals surface area (Å²) in [6.07, 6.45) is 2.05. The van der Waals surface area contributed by atoms with Gasteiger partial charge in [0.2, 0.25) is 0 Å². The van der Waals surface area contributed by atoms with E-state index < -0.39 is 0 Å². The lowest BCUT2D eigenvalue weighted by Gasteiger charge is -2.18. The van der Waals surface area contributed by atoms with E-state index in [1.165, 1.54) is 10.9 Å². The summed E-state index contributed by atoms with van der Waals surface area (Å²) in [6.45, 7) is 8.59. The van der Waals surface area contributed by atoms with Gasteiger partial charge in [0.25, 0.3) is 0 Å². The Hall–Kier alpha value is -0.990. The average Bonchev–Trinajstić information content (AvgIpc) is 2.59. The van der Waals surface area contributed by atoms with E-state index in [9.17, 15) is 0 Å². The van der Waals surface area contributed by atoms with E-state index in [0.29, 0.717) is 5.41 Å². The minimum atomic E-state index is 0.315. The first-order valence-corrected chi connectivity index (χ1v) is 6.30. The standard InChI is InChI=1S/C14H19ClN2/c1-14(2,3)9-16-7-10-8-17-13-6-11(15)4-5-12(10)13/h4-6,8,16-17H,7,9H2,1-3H3. The smallest absolute Gasteiger partial charge is 0.0472 e. The molecule has 3 heteroatoms. The SMILES string of the molecule is CC(C)(C)CNCc1c[nH]c2cc(Cl)ccc12. The number of benzene rings is 1. The summed E-state index contributed by atoms with van der Waals surface area (Å²) >= 11 is 5.96. The van der Waals surface area contributed by atoms with Crippen LogP contribution < -0.4 is 5.32 Å². The third kappa shape index (κ3) is 3.24. The summed E-state index contributed by atoms with van der Waals surface area (Å²) in [7, 11) is 0. The molecule has 0 atom stereocenters. The van der Waals surface area contributed by atoms with Crippen LogP contribution >= 0.6 is 11.6 Å². The molecule has 0 aliphatic rings. The summed E-state index contributed by atoms with van der Waals surface area (Å²) < 4.78 is 0. The van der Waals surface area contributed by atoms with Crippen LogP contribution in [0.25, 0.3) is 10.9 Å². The van der Waals surface area contributed by atoms with Crippen molar-refractivity contribution in [1.82, 2.24) is 10.3 Å². The third-order valence-electron chi connectivity index (χ3n) is 2.70. The van der Waals surface area contributed by atoms with Gasteiger partial charge in [0.15, 0.2) is 0 Å². The topological polar surface area (TPSA) is 27.8 Å². The highest BCUT2D eigenvalue weighted by atomic mass is 35.5. The zero-order valence-electron chi connectivity index (χ0n) is 10.6. The highest BCUT2D eigenvalue weighted by molar-refractivity contribution is 6.31. The van der Waals surface area contributed by atoms with Crippen molar-refractivity contribution in [2.75, 3.05) is 6.54 Å². The highest BCUT2D eigenvalue weighted by Gasteiger charge is 2.10. The fourth-order valence-corrected chi connectivity index (χ4v) is 2.05. The van der Waals surface area contributed by atoms with Crippen LogP contribution in [-0.4, -0.2) is 11.5 Å². The van der Waals surface area contributed by atoms with Crippen molar-refractivity contribution in [2.45, 2.75) is 27.3 Å². The van der Waals surface area contributed by atoms with E-state index in [2.05, 4.69) is 43.3 Å². The van der Waals surface area contributed by atoms with Crippen molar-refractivity contribution >= 4 is 22.5 Å². The first kappa shape index (κ1) is 12.5. The zero-order chi connectivity index (χ0) is 12.5. The van der Waals surface area contributed by atoms with Gasteiger partial charge in [0.05, 0.1) is 0 Å². The lowest BCUT2D eigenvalue weighted by atomic mass is 9.97. The minimum Gasteiger partial charge on any atom is -0.361 e. The number of aromatic nitrogens is 1. The Morgan fingerprint density at radius 1 is 1.29 bits per heavy atom. The van der Waals surface area contributed by atoms with Crippen LogP contribution in [0, 0.1) is 5.41 Å². The Morgan fingerprint density at radius 3 is 2.76 bits per heavy atom. The molecule has 0 spiro atoms. The van der Waals surface area contributed by atoms with Gasteiger partial charge >= 0.3 is 0 Å². The Morgan fingerprint density at radius 2 is 2.06 bits per heavy atom. The van der Waals surface area contributed by atoms with Gasteiger partial charge in [-0.2, -0.15) is 0 Å². The number of hydrogen-bond acceptors (Lipinski definition) is 1. The third-order valence-corrected chi connectivity index (χ3v) is 2.94. The normalized spacial score (nSPS) is 12.2. The van der Waals surface area contributed by atoms with Crippen molar-refractivity contribution in [1.29, 1.82) is 0 Å². The van der Waals surface area contributed by atoms with Crippen molar-refractivity contribution in [2.24, 2.45) is 5.41 Å². The molecular formula is C14H19ClN2. The number of hydrogen-bond donors (Lipinski definition) is 2. The molecule has 17 heavy (non-hydrogen) atoms. The van der Waals surface area contributed by atoms with Gasteiger partial charge in [-0.1, -0.05) is 38.4 Å². The van der Waals surface area contributed by atoms with E-state index in [4.69, 9.17) is 11.6 Å². The van der Waals surface area contributed by atoms with Crippen LogP contribution in [0.2, 0.25) is 5.02 Å². The molecule has 0 saturated heterocycles. The lowest BCUT2D eigenvalue weighted by Crippen LogP contribution is -2.26. The summed E-state index contributed by atoms with van der Waals surface area (Å²) in [5, 5.41) is 5.50. The molecule has 2 nitrogen and oxygen atoms in total. The first-order valence-electron chi connectivity index (χ1n) is 5.92. The van der Waals surface area contributed by atoms with Crippen molar-refractivity contribution in [3.63, 3.8) is 0 Å². The summed E-state index contributed by atoms with van der Waals surface area (Å²) in [5.41, 5.74) is 2.71. The van der Waals surface area contributed by atoms with Crippen LogP contribution in [0.1, 0.15) is 26.3 Å². The number of aromatic amines is 1. The number of nitrogens with one attached hydrogen (secondary N) is 2. The summed E-state index contributed by atoms with van der Waals surface area (Å²) in [4.78, 5) is 3.25. The van der Waals surface area contributed by atoms with Gasteiger partial charge in [0.1, 0.15) is 0 Å². The van der Waals surface area contributed by atoms with Gasteiger partial charge in [-0.25, -0.2) is 0 Å². The maximum Gasteiger partial charge on any atom is 0.0472 e. The molecule has 0 aliphatic heterocycles. The molecule has 92 valence electrons. The lowest BCUT2D eigenvalue weighted by molar-refractivity contribution is 0.379. The fraction of sp³-hybridized carbons (Fsp3) is 0.429. The van der Waals surface area contributed by atoms with Crippen molar-refractivity contribution in [3.05, 3.63) is 35.0 Å². The van der Waals surface area contributed by atoms with E-state index >= 15 is 0 Å². The van der Waals surface area contributed by atoms with Crippen molar-refractivity contribution < 1.29 is 0 Å². The van der Waals surface area contributed by atoms with Gasteiger partial charge < -0.3 is 10.3 Å². The highest BCUT2D eigenvalue weighted by Crippen LogP contribution is 2.22. The Balaban J connectivity index is 2.09. The largest absolute Gasteiger partial charge is 0.361 e. The molecule has 1 heterocycles. The van der Waals surface area contributed by atoms with Crippen LogP contribution in [-0.2, 0) is 6.54 Å². The molecule has 2 aromatic rings. The van der Waals surface area contributed by atoms with E-state index in [1.807, 2.05) is 12.1 Å². The maximum absolute atomic E-state index is 5.96. The second kappa shape index (κ2) is 4.71. The number of fused-ring (bicyclic) bond motifs is 1. The van der Waals surface area contributed by atoms with Gasteiger partial charge in [-0.3, -0.25) is 0 Å². The van der Waals surface area contributed by atoms with Crippen LogP contribution in [0.5, 0.6) is 0 Å². The van der Waals surface area contributed by atoms with Gasteiger partial charge in [-0.05, 0) is 23.1 Å². The molecule has 0 unspecified atom stereocenters. The molecular weight excluding hydrogens is 232 g/mol. The Labute approximate surface area is 107 Å². The molecule has 2 rings (SSSR count). The van der Waals surface area contributed by atoms with Gasteiger partial charge in [-0.15, -0.1) is 0 Å². The van der Waals surface area contributed by atoms with Crippen molar-refractivity contribution in [3.8, 4) is 0 Å². The molecule has 0 saturated carbocycles. The molecule has 0 bridgehead atoms. The van der Waals surface area contributed by atoms with E-state index in [0.717, 1.165) is 23.6 Å². The molecule has 0 fully saturated rings. The summed E-state index contributed by atoms with van der Waals surface area (Å²) in [6, 6.07) is 5.97. The molecule has 0 aliphatic carbocycles. The zero-order valence-corrected chi connectivity index (χ0v) is 11.4. The summed E-state index contributed by atoms with van der Waals surface area (Å²) in [5.74, 6) is 0. The first-order chi connectivity index (χ1) is 7.96. The fourth-order valence-electron chi connectivity index (χ4n) is 1.88. The Kier molecular flexibility index (Phi) is 3.45. The predicted molar refractivity (Wildman–Crippen MR) is 74.5 cm³/mol. The van der Waals surface area contributed by atoms with Crippen LogP contribution in [0.15, 0.2) is 24.4 Å². The monoisotopic (exact) mass is 250 g/mol.